The van der Waals surface area contributed by atoms with Crippen molar-refractivity contribution in [1.82, 2.24) is 10.2 Å². The highest BCUT2D eigenvalue weighted by Gasteiger charge is 2.24. The van der Waals surface area contributed by atoms with Gasteiger partial charge in [-0.2, -0.15) is 11.8 Å². The monoisotopic (exact) mass is 278 g/mol. The van der Waals surface area contributed by atoms with Crippen LogP contribution in [0.1, 0.15) is 26.2 Å². The average molecular weight is 279 g/mol. The summed E-state index contributed by atoms with van der Waals surface area (Å²) in [5.41, 5.74) is 0. The van der Waals surface area contributed by atoms with Gasteiger partial charge in [0.1, 0.15) is 0 Å². The van der Waals surface area contributed by atoms with E-state index in [-0.39, 0.29) is 12.4 Å². The topological polar surface area (TPSA) is 32.3 Å². The predicted molar refractivity (Wildman–Crippen MR) is 76.0 cm³/mol. The summed E-state index contributed by atoms with van der Waals surface area (Å²) in [6, 6.07) is 0.406. The molecule has 2 fully saturated rings. The maximum absolute atomic E-state index is 12.1. The molecule has 0 aromatic heterocycles. The molecule has 17 heavy (non-hydrogen) atoms. The Balaban J connectivity index is 0.00000144. The molecular weight excluding hydrogens is 256 g/mol. The molecule has 0 aromatic carbocycles. The number of amides is 1. The molecule has 0 aromatic rings. The van der Waals surface area contributed by atoms with Crippen LogP contribution in [0.2, 0.25) is 0 Å². The summed E-state index contributed by atoms with van der Waals surface area (Å²) in [6.45, 7) is 5.24. The number of nitrogens with one attached hydrogen (secondary N) is 1. The number of hydrogen-bond acceptors (Lipinski definition) is 3. The second-order valence-electron chi connectivity index (χ2n) is 5.02. The number of rotatable bonds is 2. The Morgan fingerprint density at radius 3 is 3.00 bits per heavy atom. The highest BCUT2D eigenvalue weighted by molar-refractivity contribution is 7.99. The largest absolute Gasteiger partial charge is 0.342 e. The molecule has 2 rings (SSSR count). The van der Waals surface area contributed by atoms with Crippen molar-refractivity contribution in [3.8, 4) is 0 Å². The molecule has 2 heterocycles. The van der Waals surface area contributed by atoms with Crippen LogP contribution in [0.15, 0.2) is 0 Å². The van der Waals surface area contributed by atoms with E-state index in [1.807, 2.05) is 11.8 Å². The fraction of sp³-hybridized carbons (Fsp3) is 0.917. The van der Waals surface area contributed by atoms with Crippen molar-refractivity contribution in [1.29, 1.82) is 0 Å². The Morgan fingerprint density at radius 1 is 1.53 bits per heavy atom. The number of halogens is 1. The molecule has 0 radical (unpaired) electrons. The third-order valence-electron chi connectivity index (χ3n) is 3.43. The third-order valence-corrected chi connectivity index (χ3v) is 4.56. The fourth-order valence-corrected chi connectivity index (χ4v) is 3.46. The van der Waals surface area contributed by atoms with Crippen LogP contribution in [-0.4, -0.2) is 48.0 Å². The van der Waals surface area contributed by atoms with Crippen LogP contribution in [0.3, 0.4) is 0 Å². The van der Waals surface area contributed by atoms with Gasteiger partial charge in [0.2, 0.25) is 5.91 Å². The Hall–Kier alpha value is 0.0700. The number of carbonyl (C=O) groups is 1. The first-order chi connectivity index (χ1) is 7.75. The Kier molecular flexibility index (Phi) is 6.67. The van der Waals surface area contributed by atoms with E-state index >= 15 is 0 Å². The van der Waals surface area contributed by atoms with Gasteiger partial charge < -0.3 is 10.2 Å². The quantitative estimate of drug-likeness (QED) is 0.835. The number of likely N-dealkylation sites (tertiary alicyclic amines) is 1. The van der Waals surface area contributed by atoms with Gasteiger partial charge >= 0.3 is 0 Å². The lowest BCUT2D eigenvalue weighted by Gasteiger charge is -2.32. The molecule has 0 bridgehead atoms. The fourth-order valence-electron chi connectivity index (χ4n) is 2.51. The Labute approximate surface area is 114 Å². The van der Waals surface area contributed by atoms with Gasteiger partial charge in [0.25, 0.3) is 0 Å². The third kappa shape index (κ3) is 4.68. The molecular formula is C12H23ClN2OS. The van der Waals surface area contributed by atoms with Gasteiger partial charge in [0.05, 0.1) is 0 Å². The van der Waals surface area contributed by atoms with Crippen LogP contribution in [0.25, 0.3) is 0 Å². The molecule has 1 N–H and O–H groups in total. The Morgan fingerprint density at radius 2 is 2.35 bits per heavy atom. The molecule has 0 saturated carbocycles. The van der Waals surface area contributed by atoms with Crippen molar-refractivity contribution < 1.29 is 4.79 Å². The van der Waals surface area contributed by atoms with E-state index in [2.05, 4.69) is 17.1 Å². The first kappa shape index (κ1) is 15.1. The summed E-state index contributed by atoms with van der Waals surface area (Å²) in [7, 11) is 0. The summed E-state index contributed by atoms with van der Waals surface area (Å²) in [5.74, 6) is 3.32. The molecule has 100 valence electrons. The minimum Gasteiger partial charge on any atom is -0.342 e. The lowest BCUT2D eigenvalue weighted by atomic mass is 10.00. The second kappa shape index (κ2) is 7.49. The van der Waals surface area contributed by atoms with Gasteiger partial charge in [-0.05, 0) is 18.8 Å². The second-order valence-corrected chi connectivity index (χ2v) is 6.17. The molecule has 3 nitrogen and oxygen atoms in total. The lowest BCUT2D eigenvalue weighted by Crippen LogP contribution is -2.45. The van der Waals surface area contributed by atoms with Crippen molar-refractivity contribution in [3.63, 3.8) is 0 Å². The maximum Gasteiger partial charge on any atom is 0.224 e. The number of carbonyl (C=O) groups excluding carboxylic acids is 1. The summed E-state index contributed by atoms with van der Waals surface area (Å²) in [6.07, 6.45) is 3.15. The zero-order valence-corrected chi connectivity index (χ0v) is 12.1. The van der Waals surface area contributed by atoms with E-state index in [0.29, 0.717) is 24.3 Å². The first-order valence-corrected chi connectivity index (χ1v) is 7.50. The molecule has 0 aliphatic carbocycles. The zero-order chi connectivity index (χ0) is 11.4. The highest BCUT2D eigenvalue weighted by Crippen LogP contribution is 2.18. The zero-order valence-electron chi connectivity index (χ0n) is 10.5. The lowest BCUT2D eigenvalue weighted by molar-refractivity contribution is -0.133. The van der Waals surface area contributed by atoms with E-state index in [4.69, 9.17) is 0 Å². The first-order valence-electron chi connectivity index (χ1n) is 6.34. The molecule has 0 spiro atoms. The maximum atomic E-state index is 12.1. The Bertz CT molecular complexity index is 247. The van der Waals surface area contributed by atoms with Gasteiger partial charge in [0.15, 0.2) is 0 Å². The molecule has 5 heteroatoms. The van der Waals surface area contributed by atoms with Gasteiger partial charge in [0, 0.05) is 43.6 Å². The number of nitrogens with zero attached hydrogens (tertiary/aromatic N) is 1. The van der Waals surface area contributed by atoms with E-state index in [0.717, 1.165) is 25.4 Å². The standard InChI is InChI=1S/C12H22N2OS.ClH/c1-10-3-2-5-14(8-10)12(15)7-11-9-16-6-4-13-11;/h10-11,13H,2-9H2,1H3;1H. The van der Waals surface area contributed by atoms with Gasteiger partial charge in [-0.15, -0.1) is 12.4 Å². The van der Waals surface area contributed by atoms with Gasteiger partial charge in [-0.1, -0.05) is 6.92 Å². The number of piperidine rings is 1. The van der Waals surface area contributed by atoms with Crippen LogP contribution in [0.5, 0.6) is 0 Å². The molecule has 2 atom stereocenters. The van der Waals surface area contributed by atoms with Crippen molar-refractivity contribution >= 4 is 30.1 Å². The van der Waals surface area contributed by atoms with Crippen molar-refractivity contribution in [3.05, 3.63) is 0 Å². The van der Waals surface area contributed by atoms with Gasteiger partial charge in [-0.3, -0.25) is 4.79 Å². The van der Waals surface area contributed by atoms with Crippen LogP contribution in [-0.2, 0) is 4.79 Å². The van der Waals surface area contributed by atoms with Gasteiger partial charge in [-0.25, -0.2) is 0 Å². The normalized spacial score (nSPS) is 29.6. The van der Waals surface area contributed by atoms with E-state index in [1.54, 1.807) is 0 Å². The summed E-state index contributed by atoms with van der Waals surface area (Å²) in [4.78, 5) is 14.2. The van der Waals surface area contributed by atoms with Crippen LogP contribution in [0.4, 0.5) is 0 Å². The van der Waals surface area contributed by atoms with E-state index < -0.39 is 0 Å². The minimum absolute atomic E-state index is 0. The molecule has 2 aliphatic rings. The molecule has 2 aliphatic heterocycles. The number of thioether (sulfide) groups is 1. The smallest absolute Gasteiger partial charge is 0.224 e. The average Bonchev–Trinajstić information content (AvgIpc) is 2.30. The highest BCUT2D eigenvalue weighted by atomic mass is 35.5. The van der Waals surface area contributed by atoms with E-state index in [1.165, 1.54) is 18.6 Å². The van der Waals surface area contributed by atoms with Crippen LogP contribution in [0, 0.1) is 5.92 Å². The van der Waals surface area contributed by atoms with E-state index in [9.17, 15) is 4.79 Å². The molecule has 1 amide bonds. The van der Waals surface area contributed by atoms with Crippen molar-refractivity contribution in [2.45, 2.75) is 32.2 Å². The minimum atomic E-state index is 0. The van der Waals surface area contributed by atoms with Crippen LogP contribution < -0.4 is 5.32 Å². The summed E-state index contributed by atoms with van der Waals surface area (Å²) >= 11 is 1.96. The SMILES string of the molecule is CC1CCCN(C(=O)CC2CSCCN2)C1.Cl. The summed E-state index contributed by atoms with van der Waals surface area (Å²) < 4.78 is 0. The van der Waals surface area contributed by atoms with Crippen molar-refractivity contribution in [2.75, 3.05) is 31.1 Å². The summed E-state index contributed by atoms with van der Waals surface area (Å²) in [5, 5.41) is 3.43. The molecule has 2 unspecified atom stereocenters. The van der Waals surface area contributed by atoms with Crippen molar-refractivity contribution in [2.24, 2.45) is 5.92 Å². The number of hydrogen-bond donors (Lipinski definition) is 1. The predicted octanol–water partition coefficient (Wildman–Crippen LogP) is 1.76. The molecule has 2 saturated heterocycles. The van der Waals surface area contributed by atoms with Crippen LogP contribution >= 0.6 is 24.2 Å².